The predicted molar refractivity (Wildman–Crippen MR) is 68.8 cm³/mol. The number of amidine groups is 1. The highest BCUT2D eigenvalue weighted by Crippen LogP contribution is 2.28. The molecular weight excluding hydrogens is 286 g/mol. The quantitative estimate of drug-likeness (QED) is 0.284. The van der Waals surface area contributed by atoms with E-state index in [0.29, 0.717) is 15.9 Å². The van der Waals surface area contributed by atoms with E-state index in [0.717, 1.165) is 11.8 Å². The lowest BCUT2D eigenvalue weighted by Crippen LogP contribution is -2.17. The lowest BCUT2D eigenvalue weighted by atomic mass is 10.3. The molecule has 0 bridgehead atoms. The zero-order chi connectivity index (χ0) is 14.7. The maximum absolute atomic E-state index is 10.9. The summed E-state index contributed by atoms with van der Waals surface area (Å²) in [6.07, 6.45) is 1.47. The first kappa shape index (κ1) is 13.8. The largest absolute Gasteiger partial charge is 0.439 e. The van der Waals surface area contributed by atoms with Gasteiger partial charge >= 0.3 is 0 Å². The molecule has 0 saturated carbocycles. The summed E-state index contributed by atoms with van der Waals surface area (Å²) in [5, 5.41) is 22.9. The molecule has 2 heterocycles. The highest BCUT2D eigenvalue weighted by molar-refractivity contribution is 7.99. The van der Waals surface area contributed by atoms with E-state index >= 15 is 0 Å². The Morgan fingerprint density at radius 1 is 1.55 bits per heavy atom. The van der Waals surface area contributed by atoms with Crippen LogP contribution in [0.2, 0.25) is 0 Å². The van der Waals surface area contributed by atoms with E-state index in [1.165, 1.54) is 18.4 Å². The maximum Gasteiger partial charge on any atom is 0.298 e. The number of hydrogen-bond donors (Lipinski definition) is 2. The monoisotopic (exact) mass is 295 g/mol. The molecule has 2 rings (SSSR count). The second-order valence-electron chi connectivity index (χ2n) is 3.62. The zero-order valence-electron chi connectivity index (χ0n) is 10.2. The van der Waals surface area contributed by atoms with Gasteiger partial charge in [0.1, 0.15) is 11.3 Å². The molecule has 0 amide bonds. The molecule has 0 fully saturated rings. The van der Waals surface area contributed by atoms with E-state index in [1.54, 1.807) is 6.92 Å². The summed E-state index contributed by atoms with van der Waals surface area (Å²) in [5.41, 5.74) is 5.51. The molecule has 3 N–H and O–H groups in total. The molecule has 0 aliphatic rings. The van der Waals surface area contributed by atoms with Crippen LogP contribution in [0.1, 0.15) is 11.4 Å². The van der Waals surface area contributed by atoms with Crippen molar-refractivity contribution in [2.75, 3.05) is 0 Å². The Morgan fingerprint density at radius 3 is 2.85 bits per heavy atom. The van der Waals surface area contributed by atoms with Crippen molar-refractivity contribution in [3.05, 3.63) is 39.9 Å². The van der Waals surface area contributed by atoms with Gasteiger partial charge in [0.05, 0.1) is 10.6 Å². The molecule has 0 aliphatic heterocycles. The van der Waals surface area contributed by atoms with Crippen LogP contribution in [0.25, 0.3) is 0 Å². The zero-order valence-corrected chi connectivity index (χ0v) is 11.0. The summed E-state index contributed by atoms with van der Waals surface area (Å²) in [7, 11) is 0. The fourth-order valence-electron chi connectivity index (χ4n) is 1.34. The first-order chi connectivity index (χ1) is 9.51. The fraction of sp³-hybridized carbons (Fsp3) is 0.100. The number of pyridine rings is 1. The Balaban J connectivity index is 2.39. The molecule has 2 aromatic heterocycles. The van der Waals surface area contributed by atoms with Crippen molar-refractivity contribution >= 4 is 23.3 Å². The third-order valence-corrected chi connectivity index (χ3v) is 2.98. The highest BCUT2D eigenvalue weighted by atomic mass is 32.2. The lowest BCUT2D eigenvalue weighted by Gasteiger charge is -2.02. The van der Waals surface area contributed by atoms with Crippen molar-refractivity contribution in [1.29, 1.82) is 0 Å². The Hall–Kier alpha value is -2.62. The lowest BCUT2D eigenvalue weighted by molar-refractivity contribution is -0.385. The number of rotatable bonds is 4. The fourth-order valence-corrected chi connectivity index (χ4v) is 2.08. The maximum atomic E-state index is 10.9. The van der Waals surface area contributed by atoms with E-state index in [1.807, 2.05) is 0 Å². The van der Waals surface area contributed by atoms with Crippen LogP contribution in [0.5, 0.6) is 0 Å². The summed E-state index contributed by atoms with van der Waals surface area (Å²) in [5.74, 6) is -0.442. The Kier molecular flexibility index (Phi) is 3.84. The smallest absolute Gasteiger partial charge is 0.298 e. The minimum atomic E-state index is -0.663. The molecule has 0 unspecified atom stereocenters. The molecule has 20 heavy (non-hydrogen) atoms. The number of oxazole rings is 1. The van der Waals surface area contributed by atoms with Crippen molar-refractivity contribution in [2.45, 2.75) is 17.2 Å². The van der Waals surface area contributed by atoms with Gasteiger partial charge in [0.15, 0.2) is 11.5 Å². The van der Waals surface area contributed by atoms with Gasteiger partial charge in [0.2, 0.25) is 0 Å². The van der Waals surface area contributed by atoms with E-state index in [-0.39, 0.29) is 11.4 Å². The van der Waals surface area contributed by atoms with Crippen molar-refractivity contribution < 1.29 is 14.5 Å². The number of nitrogens with zero attached hydrogens (tertiary/aromatic N) is 4. The third kappa shape index (κ3) is 2.85. The summed E-state index contributed by atoms with van der Waals surface area (Å²) in [4.78, 5) is 18.2. The van der Waals surface area contributed by atoms with Gasteiger partial charge in [-0.2, -0.15) is 0 Å². The number of oxime groups is 1. The minimum absolute atomic E-state index is 0.217. The van der Waals surface area contributed by atoms with E-state index in [9.17, 15) is 10.1 Å². The first-order valence-electron chi connectivity index (χ1n) is 5.24. The summed E-state index contributed by atoms with van der Waals surface area (Å²) >= 11 is 1.07. The molecule has 0 aliphatic carbocycles. The standard InChI is InChI=1S/C10H9N5O4S/c1-5-4-19-10(12-5)20-7-3-2-6(15(17)18)8(13-7)9(11)14-16/h2-4,16H,1H3,(H2,11,14). The molecule has 0 atom stereocenters. The molecule has 0 aromatic carbocycles. The average molecular weight is 295 g/mol. The van der Waals surface area contributed by atoms with E-state index < -0.39 is 10.8 Å². The predicted octanol–water partition coefficient (Wildman–Crippen LogP) is 1.53. The Labute approximate surface area is 116 Å². The minimum Gasteiger partial charge on any atom is -0.439 e. The van der Waals surface area contributed by atoms with Crippen LogP contribution >= 0.6 is 11.8 Å². The number of hydrogen-bond acceptors (Lipinski definition) is 8. The summed E-state index contributed by atoms with van der Waals surface area (Å²) in [6.45, 7) is 1.76. The number of nitrogens with two attached hydrogens (primary N) is 1. The van der Waals surface area contributed by atoms with E-state index in [4.69, 9.17) is 15.4 Å². The number of nitro groups is 1. The average Bonchev–Trinajstić information content (AvgIpc) is 2.82. The van der Waals surface area contributed by atoms with Crippen LogP contribution in [0, 0.1) is 17.0 Å². The van der Waals surface area contributed by atoms with E-state index in [2.05, 4.69) is 15.1 Å². The van der Waals surface area contributed by atoms with Crippen molar-refractivity contribution in [2.24, 2.45) is 10.9 Å². The van der Waals surface area contributed by atoms with Gasteiger partial charge in [0, 0.05) is 6.07 Å². The van der Waals surface area contributed by atoms with Crippen LogP contribution in [0.4, 0.5) is 5.69 Å². The Morgan fingerprint density at radius 2 is 2.30 bits per heavy atom. The van der Waals surface area contributed by atoms with Gasteiger partial charge in [-0.3, -0.25) is 10.1 Å². The van der Waals surface area contributed by atoms with Crippen LogP contribution in [-0.4, -0.2) is 25.9 Å². The van der Waals surface area contributed by atoms with Crippen LogP contribution in [-0.2, 0) is 0 Å². The summed E-state index contributed by atoms with van der Waals surface area (Å²) < 4.78 is 5.14. The molecule has 0 radical (unpaired) electrons. The molecule has 0 spiro atoms. The van der Waals surface area contributed by atoms with Gasteiger partial charge in [-0.1, -0.05) is 5.16 Å². The molecule has 10 heteroatoms. The van der Waals surface area contributed by atoms with Gasteiger partial charge in [-0.25, -0.2) is 9.97 Å². The van der Waals surface area contributed by atoms with Crippen LogP contribution in [0.15, 0.2) is 38.2 Å². The molecule has 104 valence electrons. The normalized spacial score (nSPS) is 11.6. The molecule has 0 saturated heterocycles. The van der Waals surface area contributed by atoms with Gasteiger partial charge in [-0.15, -0.1) is 0 Å². The number of aryl methyl sites for hydroxylation is 1. The third-order valence-electron chi connectivity index (χ3n) is 2.19. The first-order valence-corrected chi connectivity index (χ1v) is 6.06. The van der Waals surface area contributed by atoms with Crippen LogP contribution < -0.4 is 5.73 Å². The van der Waals surface area contributed by atoms with Gasteiger partial charge in [-0.05, 0) is 24.8 Å². The topological polar surface area (TPSA) is 141 Å². The summed E-state index contributed by atoms with van der Waals surface area (Å²) in [6, 6.07) is 2.65. The van der Waals surface area contributed by atoms with Crippen molar-refractivity contribution in [1.82, 2.24) is 9.97 Å². The van der Waals surface area contributed by atoms with Gasteiger partial charge < -0.3 is 15.4 Å². The molecule has 2 aromatic rings. The number of aromatic nitrogens is 2. The van der Waals surface area contributed by atoms with Crippen molar-refractivity contribution in [3.8, 4) is 0 Å². The van der Waals surface area contributed by atoms with Crippen molar-refractivity contribution in [3.63, 3.8) is 0 Å². The highest BCUT2D eigenvalue weighted by Gasteiger charge is 2.20. The van der Waals surface area contributed by atoms with Crippen LogP contribution in [0.3, 0.4) is 0 Å². The molecular formula is C10H9N5O4S. The molecule has 9 nitrogen and oxygen atoms in total. The van der Waals surface area contributed by atoms with Gasteiger partial charge in [0.25, 0.3) is 10.9 Å². The SMILES string of the molecule is Cc1coc(Sc2ccc([N+](=O)[O-])c(/C(N)=N/O)n2)n1. The second kappa shape index (κ2) is 5.57. The second-order valence-corrected chi connectivity index (χ2v) is 4.59. The Bertz CT molecular complexity index is 684.